The lowest BCUT2D eigenvalue weighted by Crippen LogP contribution is -2.10. The van der Waals surface area contributed by atoms with Crippen LogP contribution in [0.4, 0.5) is 5.69 Å². The highest BCUT2D eigenvalue weighted by Crippen LogP contribution is 2.46. The van der Waals surface area contributed by atoms with Gasteiger partial charge in [0.15, 0.2) is 0 Å². The molecule has 0 fully saturated rings. The summed E-state index contributed by atoms with van der Waals surface area (Å²) < 4.78 is 20.0. The number of nitrogens with two attached hydrogens (primary N) is 1. The summed E-state index contributed by atoms with van der Waals surface area (Å²) in [7, 11) is -1.23. The lowest BCUT2D eigenvalue weighted by atomic mass is 9.95. The van der Waals surface area contributed by atoms with Crippen molar-refractivity contribution in [3.63, 3.8) is 0 Å². The average Bonchev–Trinajstić information content (AvgIpc) is 3.45. The second-order valence-corrected chi connectivity index (χ2v) is 11.9. The summed E-state index contributed by atoms with van der Waals surface area (Å²) in [6, 6.07) is 11.6. The van der Waals surface area contributed by atoms with Crippen molar-refractivity contribution in [1.82, 2.24) is 4.98 Å². The second kappa shape index (κ2) is 10.5. The minimum absolute atomic E-state index is 0.242. The first kappa shape index (κ1) is 24.1. The Labute approximate surface area is 211 Å². The van der Waals surface area contributed by atoms with Crippen LogP contribution >= 0.6 is 38.6 Å². The number of carbonyl (C=O) groups is 1. The molecule has 0 spiro atoms. The Hall–Kier alpha value is -2.07. The number of ether oxygens (including phenoxy) is 1. The SMILES string of the molecule is CCCCS(=O)c1sc2nc(-c3cccs3)c(C(=O)OCC)c(-c3ccc(Br)cc3)c2c1N. The van der Waals surface area contributed by atoms with E-state index in [2.05, 4.69) is 22.9 Å². The summed E-state index contributed by atoms with van der Waals surface area (Å²) in [6.45, 7) is 4.09. The van der Waals surface area contributed by atoms with Crippen molar-refractivity contribution in [2.45, 2.75) is 30.9 Å². The Balaban J connectivity index is 2.10. The number of nitrogens with zero attached hydrogens (tertiary/aromatic N) is 1. The van der Waals surface area contributed by atoms with Crippen molar-refractivity contribution in [2.75, 3.05) is 18.1 Å². The monoisotopic (exact) mass is 562 g/mol. The lowest BCUT2D eigenvalue weighted by molar-refractivity contribution is 0.0528. The molecule has 1 atom stereocenters. The van der Waals surface area contributed by atoms with Gasteiger partial charge in [-0.3, -0.25) is 4.21 Å². The Kier molecular flexibility index (Phi) is 7.63. The molecule has 0 aliphatic rings. The number of thiophene rings is 2. The van der Waals surface area contributed by atoms with Crippen molar-refractivity contribution >= 4 is 71.3 Å². The summed E-state index contributed by atoms with van der Waals surface area (Å²) >= 11 is 6.33. The first-order valence-corrected chi connectivity index (χ1v) is 14.4. The number of hydrogen-bond acceptors (Lipinski definition) is 7. The smallest absolute Gasteiger partial charge is 0.341 e. The maximum atomic E-state index is 13.3. The third-order valence-electron chi connectivity index (χ3n) is 5.10. The molecule has 5 nitrogen and oxygen atoms in total. The molecule has 0 bridgehead atoms. The molecule has 0 aliphatic heterocycles. The van der Waals surface area contributed by atoms with E-state index in [1.54, 1.807) is 6.92 Å². The van der Waals surface area contributed by atoms with Crippen LogP contribution in [0.3, 0.4) is 0 Å². The number of rotatable bonds is 8. The minimum Gasteiger partial charge on any atom is -0.462 e. The topological polar surface area (TPSA) is 82.3 Å². The number of nitrogen functional groups attached to an aromatic ring is 1. The molecule has 0 saturated carbocycles. The molecule has 9 heteroatoms. The van der Waals surface area contributed by atoms with E-state index in [0.717, 1.165) is 27.8 Å². The second-order valence-electron chi connectivity index (χ2n) is 7.30. The number of pyridine rings is 1. The molecule has 3 heterocycles. The molecule has 4 aromatic rings. The van der Waals surface area contributed by atoms with E-state index in [0.29, 0.717) is 42.7 Å². The number of unbranched alkanes of at least 4 members (excludes halogenated alkanes) is 1. The Morgan fingerprint density at radius 2 is 1.97 bits per heavy atom. The zero-order valence-corrected chi connectivity index (χ0v) is 22.3. The zero-order valence-electron chi connectivity index (χ0n) is 18.2. The van der Waals surface area contributed by atoms with Gasteiger partial charge < -0.3 is 10.5 Å². The molecule has 2 N–H and O–H groups in total. The molecular formula is C24H23BrN2O3S3. The van der Waals surface area contributed by atoms with E-state index >= 15 is 0 Å². The van der Waals surface area contributed by atoms with Crippen LogP contribution in [-0.2, 0) is 15.5 Å². The predicted molar refractivity (Wildman–Crippen MR) is 143 cm³/mol. The summed E-state index contributed by atoms with van der Waals surface area (Å²) in [5.41, 5.74) is 9.46. The fraction of sp³-hybridized carbons (Fsp3) is 0.250. The highest BCUT2D eigenvalue weighted by atomic mass is 79.9. The van der Waals surface area contributed by atoms with Gasteiger partial charge in [-0.25, -0.2) is 9.78 Å². The summed E-state index contributed by atoms with van der Waals surface area (Å²) in [5.74, 6) is 0.0939. The normalized spacial score (nSPS) is 12.2. The highest BCUT2D eigenvalue weighted by molar-refractivity contribution is 9.10. The van der Waals surface area contributed by atoms with Crippen LogP contribution in [0.1, 0.15) is 37.0 Å². The van der Waals surface area contributed by atoms with Crippen molar-refractivity contribution < 1.29 is 13.7 Å². The molecular weight excluding hydrogens is 540 g/mol. The van der Waals surface area contributed by atoms with Gasteiger partial charge in [0.05, 0.1) is 39.2 Å². The predicted octanol–water partition coefficient (Wildman–Crippen LogP) is 7.12. The maximum absolute atomic E-state index is 13.3. The van der Waals surface area contributed by atoms with Gasteiger partial charge in [-0.15, -0.1) is 22.7 Å². The molecule has 0 aliphatic carbocycles. The third kappa shape index (κ3) is 4.77. The molecule has 4 rings (SSSR count). The Bertz CT molecular complexity index is 1320. The van der Waals surface area contributed by atoms with Gasteiger partial charge in [0.2, 0.25) is 0 Å². The molecule has 1 aromatic carbocycles. The van der Waals surface area contributed by atoms with E-state index in [1.165, 1.54) is 22.7 Å². The number of esters is 1. The van der Waals surface area contributed by atoms with E-state index in [1.807, 2.05) is 41.8 Å². The van der Waals surface area contributed by atoms with Crippen LogP contribution in [0.25, 0.3) is 31.9 Å². The number of benzene rings is 1. The quantitative estimate of drug-likeness (QED) is 0.231. The lowest BCUT2D eigenvalue weighted by Gasteiger charge is -2.15. The van der Waals surface area contributed by atoms with Gasteiger partial charge in [-0.2, -0.15) is 0 Å². The summed E-state index contributed by atoms with van der Waals surface area (Å²) in [5, 5.41) is 2.61. The average molecular weight is 564 g/mol. The number of hydrogen-bond donors (Lipinski definition) is 1. The van der Waals surface area contributed by atoms with Crippen molar-refractivity contribution in [2.24, 2.45) is 0 Å². The molecule has 1 unspecified atom stereocenters. The van der Waals surface area contributed by atoms with Crippen molar-refractivity contribution in [3.05, 3.63) is 51.8 Å². The van der Waals surface area contributed by atoms with Crippen molar-refractivity contribution in [1.29, 1.82) is 0 Å². The van der Waals surface area contributed by atoms with Gasteiger partial charge in [0.25, 0.3) is 0 Å². The first-order chi connectivity index (χ1) is 16.0. The van der Waals surface area contributed by atoms with Crippen LogP contribution < -0.4 is 5.73 Å². The number of aromatic nitrogens is 1. The molecule has 0 radical (unpaired) electrons. The molecule has 33 heavy (non-hydrogen) atoms. The van der Waals surface area contributed by atoms with Gasteiger partial charge in [-0.05, 0) is 42.5 Å². The van der Waals surface area contributed by atoms with E-state index in [4.69, 9.17) is 15.5 Å². The number of anilines is 1. The Morgan fingerprint density at radius 1 is 1.21 bits per heavy atom. The number of halogens is 1. The van der Waals surface area contributed by atoms with Gasteiger partial charge in [0, 0.05) is 21.2 Å². The fourth-order valence-electron chi connectivity index (χ4n) is 3.57. The Morgan fingerprint density at radius 3 is 2.61 bits per heavy atom. The fourth-order valence-corrected chi connectivity index (χ4v) is 7.33. The minimum atomic E-state index is -1.23. The molecule has 3 aromatic heterocycles. The summed E-state index contributed by atoms with van der Waals surface area (Å²) in [6.07, 6.45) is 1.80. The van der Waals surface area contributed by atoms with Gasteiger partial charge >= 0.3 is 5.97 Å². The molecule has 0 saturated heterocycles. The van der Waals surface area contributed by atoms with E-state index in [-0.39, 0.29) is 6.61 Å². The van der Waals surface area contributed by atoms with Crippen LogP contribution in [0.5, 0.6) is 0 Å². The number of carbonyl (C=O) groups excluding carboxylic acids is 1. The maximum Gasteiger partial charge on any atom is 0.341 e. The first-order valence-electron chi connectivity index (χ1n) is 10.6. The molecule has 172 valence electrons. The van der Waals surface area contributed by atoms with Crippen LogP contribution in [0, 0.1) is 0 Å². The van der Waals surface area contributed by atoms with E-state index in [9.17, 15) is 9.00 Å². The van der Waals surface area contributed by atoms with Crippen molar-refractivity contribution in [3.8, 4) is 21.7 Å². The largest absolute Gasteiger partial charge is 0.462 e. The van der Waals surface area contributed by atoms with Gasteiger partial charge in [0.1, 0.15) is 9.04 Å². The van der Waals surface area contributed by atoms with Crippen LogP contribution in [0.2, 0.25) is 0 Å². The molecule has 0 amide bonds. The van der Waals surface area contributed by atoms with Gasteiger partial charge in [-0.1, -0.05) is 47.5 Å². The zero-order chi connectivity index (χ0) is 23.5. The summed E-state index contributed by atoms with van der Waals surface area (Å²) in [4.78, 5) is 19.7. The van der Waals surface area contributed by atoms with E-state index < -0.39 is 16.8 Å². The highest BCUT2D eigenvalue weighted by Gasteiger charge is 2.29. The standard InChI is InChI=1S/C24H23BrN2O3S3/c1-3-5-13-33(29)24-20(26)18-17(14-8-10-15(25)11-9-14)19(23(28)30-4-2)21(27-22(18)32-24)16-7-6-12-31-16/h6-12H,3-5,13,26H2,1-2H3. The third-order valence-corrected chi connectivity index (χ3v) is 9.50. The van der Waals surface area contributed by atoms with Crippen LogP contribution in [-0.4, -0.2) is 27.5 Å². The van der Waals surface area contributed by atoms with Crippen LogP contribution in [0.15, 0.2) is 50.5 Å². The number of fused-ring (bicyclic) bond motifs is 1.